The molecule has 1 atom stereocenters. The van der Waals surface area contributed by atoms with E-state index in [0.717, 1.165) is 11.1 Å². The molecule has 1 heterocycles. The Morgan fingerprint density at radius 1 is 1.33 bits per heavy atom. The van der Waals surface area contributed by atoms with E-state index in [4.69, 9.17) is 0 Å². The van der Waals surface area contributed by atoms with E-state index in [0.29, 0.717) is 31.7 Å². The molecule has 4 nitrogen and oxygen atoms in total. The standard InChI is InChI=1S/C17H24N2O2/c1-12(2)9-14(20)11-19-17(21)8-7-13-10-18-16-6-4-3-5-15(13)16/h3-6,10,12,14,18,20H,7-9,11H2,1-2H3,(H,19,21). The quantitative estimate of drug-likeness (QED) is 0.733. The Labute approximate surface area is 125 Å². The third-order valence-electron chi connectivity index (χ3n) is 3.57. The molecule has 0 aliphatic rings. The summed E-state index contributed by atoms with van der Waals surface area (Å²) in [6.45, 7) is 4.45. The Balaban J connectivity index is 1.79. The molecule has 1 aromatic heterocycles. The molecule has 0 saturated carbocycles. The van der Waals surface area contributed by atoms with Crippen LogP contribution in [0.15, 0.2) is 30.5 Å². The van der Waals surface area contributed by atoms with Crippen molar-refractivity contribution in [2.75, 3.05) is 6.54 Å². The highest BCUT2D eigenvalue weighted by Gasteiger charge is 2.10. The summed E-state index contributed by atoms with van der Waals surface area (Å²) in [6, 6.07) is 8.08. The van der Waals surface area contributed by atoms with Gasteiger partial charge in [0, 0.05) is 30.1 Å². The van der Waals surface area contributed by atoms with Gasteiger partial charge in [-0.3, -0.25) is 4.79 Å². The number of hydrogen-bond donors (Lipinski definition) is 3. The van der Waals surface area contributed by atoms with Crippen LogP contribution in [-0.4, -0.2) is 28.6 Å². The zero-order valence-corrected chi connectivity index (χ0v) is 12.7. The second-order valence-corrected chi connectivity index (χ2v) is 5.95. The fourth-order valence-corrected chi connectivity index (χ4v) is 2.53. The smallest absolute Gasteiger partial charge is 0.220 e. The van der Waals surface area contributed by atoms with Crippen LogP contribution in [0, 0.1) is 5.92 Å². The SMILES string of the molecule is CC(C)CC(O)CNC(=O)CCc1c[nH]c2ccccc12. The minimum atomic E-state index is -0.456. The fourth-order valence-electron chi connectivity index (χ4n) is 2.53. The zero-order valence-electron chi connectivity index (χ0n) is 12.7. The Hall–Kier alpha value is -1.81. The molecule has 2 aromatic rings. The minimum Gasteiger partial charge on any atom is -0.391 e. The van der Waals surface area contributed by atoms with Crippen molar-refractivity contribution in [1.29, 1.82) is 0 Å². The Kier molecular flexibility index (Phi) is 5.39. The number of benzene rings is 1. The van der Waals surface area contributed by atoms with Crippen LogP contribution in [0.25, 0.3) is 10.9 Å². The number of aryl methyl sites for hydroxylation is 1. The van der Waals surface area contributed by atoms with Crippen molar-refractivity contribution in [3.63, 3.8) is 0 Å². The third-order valence-corrected chi connectivity index (χ3v) is 3.57. The average Bonchev–Trinajstić information content (AvgIpc) is 2.85. The molecular weight excluding hydrogens is 264 g/mol. The predicted octanol–water partition coefficient (Wildman–Crippen LogP) is 2.62. The van der Waals surface area contributed by atoms with Crippen molar-refractivity contribution in [2.45, 2.75) is 39.2 Å². The third kappa shape index (κ3) is 4.60. The molecule has 0 aliphatic carbocycles. The van der Waals surface area contributed by atoms with Crippen LogP contribution in [0.5, 0.6) is 0 Å². The van der Waals surface area contributed by atoms with Crippen molar-refractivity contribution >= 4 is 16.8 Å². The van der Waals surface area contributed by atoms with Crippen molar-refractivity contribution in [1.82, 2.24) is 10.3 Å². The number of aromatic nitrogens is 1. The number of nitrogens with one attached hydrogen (secondary N) is 2. The van der Waals surface area contributed by atoms with Gasteiger partial charge in [0.1, 0.15) is 0 Å². The summed E-state index contributed by atoms with van der Waals surface area (Å²) < 4.78 is 0. The molecule has 1 aromatic carbocycles. The lowest BCUT2D eigenvalue weighted by Crippen LogP contribution is -2.32. The van der Waals surface area contributed by atoms with Crippen LogP contribution in [0.4, 0.5) is 0 Å². The van der Waals surface area contributed by atoms with Crippen molar-refractivity contribution < 1.29 is 9.90 Å². The highest BCUT2D eigenvalue weighted by molar-refractivity contribution is 5.84. The molecule has 2 rings (SSSR count). The maximum Gasteiger partial charge on any atom is 0.220 e. The first-order valence-corrected chi connectivity index (χ1v) is 7.56. The number of para-hydroxylation sites is 1. The number of H-pyrrole nitrogens is 1. The van der Waals surface area contributed by atoms with E-state index in [2.05, 4.69) is 30.2 Å². The lowest BCUT2D eigenvalue weighted by Gasteiger charge is -2.13. The molecule has 1 amide bonds. The van der Waals surface area contributed by atoms with E-state index in [1.54, 1.807) is 0 Å². The molecule has 0 bridgehead atoms. The summed E-state index contributed by atoms with van der Waals surface area (Å²) in [6.07, 6.45) is 3.36. The number of carbonyl (C=O) groups excluding carboxylic acids is 1. The van der Waals surface area contributed by atoms with Gasteiger partial charge in [-0.1, -0.05) is 32.0 Å². The minimum absolute atomic E-state index is 0.0110. The molecule has 0 radical (unpaired) electrons. The molecule has 114 valence electrons. The highest BCUT2D eigenvalue weighted by Crippen LogP contribution is 2.18. The second-order valence-electron chi connectivity index (χ2n) is 5.95. The summed E-state index contributed by atoms with van der Waals surface area (Å²) in [4.78, 5) is 15.0. The van der Waals surface area contributed by atoms with E-state index < -0.39 is 6.10 Å². The number of amides is 1. The largest absolute Gasteiger partial charge is 0.391 e. The lowest BCUT2D eigenvalue weighted by molar-refractivity contribution is -0.121. The van der Waals surface area contributed by atoms with Crippen LogP contribution in [-0.2, 0) is 11.2 Å². The number of carbonyl (C=O) groups is 1. The fraction of sp³-hybridized carbons (Fsp3) is 0.471. The first-order chi connectivity index (χ1) is 10.1. The number of aliphatic hydroxyl groups is 1. The second kappa shape index (κ2) is 7.27. The van der Waals surface area contributed by atoms with Gasteiger partial charge in [-0.05, 0) is 30.4 Å². The normalized spacial score (nSPS) is 12.8. The average molecular weight is 288 g/mol. The summed E-state index contributed by atoms with van der Waals surface area (Å²) in [5.74, 6) is 0.422. The van der Waals surface area contributed by atoms with Crippen LogP contribution >= 0.6 is 0 Å². The maximum atomic E-state index is 11.8. The molecule has 4 heteroatoms. The van der Waals surface area contributed by atoms with Gasteiger partial charge in [-0.2, -0.15) is 0 Å². The number of aromatic amines is 1. The molecule has 0 fully saturated rings. The van der Waals surface area contributed by atoms with Gasteiger partial charge in [-0.25, -0.2) is 0 Å². The van der Waals surface area contributed by atoms with E-state index in [9.17, 15) is 9.90 Å². The van der Waals surface area contributed by atoms with E-state index in [-0.39, 0.29) is 5.91 Å². The Morgan fingerprint density at radius 2 is 2.10 bits per heavy atom. The summed E-state index contributed by atoms with van der Waals surface area (Å²) >= 11 is 0. The molecule has 0 spiro atoms. The number of hydrogen-bond acceptors (Lipinski definition) is 2. The molecule has 3 N–H and O–H groups in total. The van der Waals surface area contributed by atoms with Crippen LogP contribution < -0.4 is 5.32 Å². The first-order valence-electron chi connectivity index (χ1n) is 7.56. The number of rotatable bonds is 7. The lowest BCUT2D eigenvalue weighted by atomic mass is 10.1. The van der Waals surface area contributed by atoms with Gasteiger partial charge < -0.3 is 15.4 Å². The van der Waals surface area contributed by atoms with Gasteiger partial charge in [0.05, 0.1) is 6.10 Å². The van der Waals surface area contributed by atoms with Gasteiger partial charge >= 0.3 is 0 Å². The predicted molar refractivity (Wildman–Crippen MR) is 85.1 cm³/mol. The summed E-state index contributed by atoms with van der Waals surface area (Å²) in [5.41, 5.74) is 2.25. The number of fused-ring (bicyclic) bond motifs is 1. The summed E-state index contributed by atoms with van der Waals surface area (Å²) in [7, 11) is 0. The first kappa shape index (κ1) is 15.6. The van der Waals surface area contributed by atoms with E-state index >= 15 is 0 Å². The monoisotopic (exact) mass is 288 g/mol. The molecule has 0 saturated heterocycles. The molecule has 21 heavy (non-hydrogen) atoms. The topological polar surface area (TPSA) is 65.1 Å². The Bertz CT molecular complexity index is 589. The van der Waals surface area contributed by atoms with Gasteiger partial charge in [0.25, 0.3) is 0 Å². The van der Waals surface area contributed by atoms with E-state index in [1.807, 2.05) is 24.4 Å². The highest BCUT2D eigenvalue weighted by atomic mass is 16.3. The molecule has 0 aliphatic heterocycles. The van der Waals surface area contributed by atoms with Crippen molar-refractivity contribution in [3.8, 4) is 0 Å². The van der Waals surface area contributed by atoms with Crippen molar-refractivity contribution in [3.05, 3.63) is 36.0 Å². The van der Waals surface area contributed by atoms with Gasteiger partial charge in [0.15, 0.2) is 0 Å². The molecule has 1 unspecified atom stereocenters. The maximum absolute atomic E-state index is 11.8. The van der Waals surface area contributed by atoms with Crippen LogP contribution in [0.3, 0.4) is 0 Å². The Morgan fingerprint density at radius 3 is 2.86 bits per heavy atom. The number of aliphatic hydroxyl groups excluding tert-OH is 1. The van der Waals surface area contributed by atoms with Crippen molar-refractivity contribution in [2.24, 2.45) is 5.92 Å². The summed E-state index contributed by atoms with van der Waals surface area (Å²) in [5, 5.41) is 13.7. The zero-order chi connectivity index (χ0) is 15.2. The van der Waals surface area contributed by atoms with E-state index in [1.165, 1.54) is 5.39 Å². The van der Waals surface area contributed by atoms with Gasteiger partial charge in [-0.15, -0.1) is 0 Å². The van der Waals surface area contributed by atoms with Gasteiger partial charge in [0.2, 0.25) is 5.91 Å². The van der Waals surface area contributed by atoms with Crippen LogP contribution in [0.1, 0.15) is 32.3 Å². The van der Waals surface area contributed by atoms with Crippen LogP contribution in [0.2, 0.25) is 0 Å². The molecular formula is C17H24N2O2.